The summed E-state index contributed by atoms with van der Waals surface area (Å²) in [5, 5.41) is 0.842. The first kappa shape index (κ1) is 47.8. The molecule has 0 unspecified atom stereocenters. The number of benzene rings is 1. The molecule has 0 saturated heterocycles. The van der Waals surface area contributed by atoms with Gasteiger partial charge in [0.25, 0.3) is 0 Å². The molecule has 9 nitrogen and oxygen atoms in total. The molecule has 0 spiro atoms. The third kappa shape index (κ3) is 18.6. The second-order valence-corrected chi connectivity index (χ2v) is 60.1. The summed E-state index contributed by atoms with van der Waals surface area (Å²) in [4.78, 5) is 0. The van der Waals surface area contributed by atoms with Crippen molar-refractivity contribution in [1.82, 2.24) is 0 Å². The quantitative estimate of drug-likeness (QED) is 0.119. The van der Waals surface area contributed by atoms with Crippen molar-refractivity contribution in [3.05, 3.63) is 35.9 Å². The third-order valence-corrected chi connectivity index (χ3v) is 34.8. The van der Waals surface area contributed by atoms with Gasteiger partial charge in [-0.25, -0.2) is 0 Å². The monoisotopic (exact) mass is 856 g/mol. The smallest absolute Gasteiger partial charge is 0.413 e. The lowest BCUT2D eigenvalue weighted by molar-refractivity contribution is 0.0535. The van der Waals surface area contributed by atoms with Crippen LogP contribution >= 0.6 is 0 Å². The molecule has 0 atom stereocenters. The van der Waals surface area contributed by atoms with E-state index < -0.39 is 85.1 Å². The van der Waals surface area contributed by atoms with Crippen molar-refractivity contribution in [3.63, 3.8) is 0 Å². The highest BCUT2D eigenvalue weighted by Gasteiger charge is 2.69. The lowest BCUT2D eigenvalue weighted by Gasteiger charge is -2.49. The zero-order chi connectivity index (χ0) is 38.9. The maximum absolute atomic E-state index is 7.66. The van der Waals surface area contributed by atoms with Crippen molar-refractivity contribution in [3.8, 4) is 0 Å². The summed E-state index contributed by atoms with van der Waals surface area (Å²) >= 11 is 0. The topological polar surface area (TPSA) is 83.1 Å². The molecule has 1 aromatic rings. The molecule has 0 radical (unpaired) electrons. The van der Waals surface area contributed by atoms with E-state index in [2.05, 4.69) is 169 Å². The molecule has 0 aliphatic carbocycles. The Bertz CT molecular complexity index is 1180. The molecule has 1 rings (SSSR count). The number of hydrogen-bond donors (Lipinski definition) is 0. The van der Waals surface area contributed by atoms with Crippen LogP contribution in [0.25, 0.3) is 6.08 Å². The van der Waals surface area contributed by atoms with Crippen LogP contribution in [0, 0.1) is 6.92 Å². The Hall–Kier alpha value is 0.769. The van der Waals surface area contributed by atoms with Crippen LogP contribution in [-0.2, 0) is 37.0 Å². The second-order valence-electron chi connectivity index (χ2n) is 19.5. The predicted molar refractivity (Wildman–Crippen MR) is 231 cm³/mol. The van der Waals surface area contributed by atoms with Crippen molar-refractivity contribution in [1.29, 1.82) is 0 Å². The van der Waals surface area contributed by atoms with E-state index in [1.54, 1.807) is 0 Å². The Morgan fingerprint density at radius 1 is 0.408 bits per heavy atom. The first-order valence-corrected chi connectivity index (χ1v) is 46.2. The molecule has 0 N–H and O–H groups in total. The highest BCUT2D eigenvalue weighted by molar-refractivity contribution is 6.98. The van der Waals surface area contributed by atoms with Crippen molar-refractivity contribution in [2.45, 2.75) is 144 Å². The Balaban J connectivity index is 4.56. The summed E-state index contributed by atoms with van der Waals surface area (Å²) in [7, 11) is -29.1. The number of hydrogen-bond acceptors (Lipinski definition) is 9. The summed E-state index contributed by atoms with van der Waals surface area (Å²) < 4.78 is 65.5. The van der Waals surface area contributed by atoms with E-state index in [0.717, 1.165) is 16.3 Å². The lowest BCUT2D eigenvalue weighted by Crippen LogP contribution is -2.76. The summed E-state index contributed by atoms with van der Waals surface area (Å²) in [5.41, 5.74) is 2.08. The second kappa shape index (κ2) is 16.2. The van der Waals surface area contributed by atoms with Crippen molar-refractivity contribution in [2.75, 3.05) is 0 Å². The zero-order valence-corrected chi connectivity index (χ0v) is 45.2. The Kier molecular flexibility index (Phi) is 15.8. The van der Waals surface area contributed by atoms with E-state index >= 15 is 0 Å². The summed E-state index contributed by atoms with van der Waals surface area (Å²) in [6, 6.07) is 6.23. The molecule has 49 heavy (non-hydrogen) atoms. The number of rotatable bonds is 20. The van der Waals surface area contributed by atoms with Gasteiger partial charge in [-0.2, -0.15) is 0 Å². The number of aryl methyl sites for hydroxylation is 1. The van der Waals surface area contributed by atoms with Crippen LogP contribution in [0.15, 0.2) is 24.8 Å². The minimum atomic E-state index is -4.35. The third-order valence-electron chi connectivity index (χ3n) is 5.39. The van der Waals surface area contributed by atoms with Gasteiger partial charge >= 0.3 is 26.9 Å². The fraction of sp³-hybridized carbons (Fsp3) is 0.733. The zero-order valence-electron chi connectivity index (χ0n) is 35.2. The summed E-state index contributed by atoms with van der Waals surface area (Å²) in [6.45, 7) is 51.0. The maximum Gasteiger partial charge on any atom is 0.645 e. The van der Waals surface area contributed by atoms with Crippen LogP contribution in [0.1, 0.15) is 11.1 Å². The average molecular weight is 858 g/mol. The molecule has 0 amide bonds. The predicted octanol–water partition coefficient (Wildman–Crippen LogP) is 9.65. The summed E-state index contributed by atoms with van der Waals surface area (Å²) in [6.07, 6.45) is 1.86. The summed E-state index contributed by atoms with van der Waals surface area (Å²) in [5.74, 6) is 0. The van der Waals surface area contributed by atoms with E-state index in [-0.39, 0.29) is 0 Å². The van der Waals surface area contributed by atoms with Crippen LogP contribution in [0.2, 0.25) is 137 Å². The molecule has 0 fully saturated rings. The van der Waals surface area contributed by atoms with Gasteiger partial charge in [-0.3, -0.25) is 0 Å². The van der Waals surface area contributed by atoms with E-state index in [1.165, 1.54) is 0 Å². The molecule has 0 bridgehead atoms. The normalized spacial score (nSPS) is 15.1. The molecule has 0 aromatic heterocycles. The minimum absolute atomic E-state index is 0.842. The maximum atomic E-state index is 7.66. The van der Waals surface area contributed by atoms with Crippen LogP contribution in [0.4, 0.5) is 0 Å². The van der Waals surface area contributed by atoms with Gasteiger partial charge in [0.15, 0.2) is 58.2 Å². The van der Waals surface area contributed by atoms with Gasteiger partial charge in [0.1, 0.15) is 0 Å². The van der Waals surface area contributed by atoms with Gasteiger partial charge in [0.2, 0.25) is 0 Å². The molecule has 0 aliphatic heterocycles. The highest BCUT2D eigenvalue weighted by atomic mass is 28.6. The van der Waals surface area contributed by atoms with Crippen LogP contribution < -0.4 is 5.19 Å². The van der Waals surface area contributed by atoms with Crippen LogP contribution in [0.3, 0.4) is 0 Å². The highest BCUT2D eigenvalue weighted by Crippen LogP contribution is 2.37. The van der Waals surface area contributed by atoms with Gasteiger partial charge < -0.3 is 37.0 Å². The SMILES string of the molecule is C=Cc1ccc([Si](O[Si](C)(C)C)(O[Si](C)(C)C)O[Si](O[Si](C)(C)C)(O[Si](C)(C)C)O[Si](O[Si](C)(C)C)(O[Si](C)(C)C)O[Si](C)(C)C)cc1C. The lowest BCUT2D eigenvalue weighted by atomic mass is 10.1. The van der Waals surface area contributed by atoms with Crippen LogP contribution in [0.5, 0.6) is 0 Å². The largest absolute Gasteiger partial charge is 0.645 e. The molecule has 286 valence electrons. The van der Waals surface area contributed by atoms with Gasteiger partial charge in [-0.1, -0.05) is 30.9 Å². The molecule has 19 heteroatoms. The first-order valence-electron chi connectivity index (χ1n) is 17.4. The fourth-order valence-electron chi connectivity index (χ4n) is 4.58. The van der Waals surface area contributed by atoms with Gasteiger partial charge in [-0.05, 0) is 156 Å². The first-order chi connectivity index (χ1) is 21.3. The van der Waals surface area contributed by atoms with E-state index in [1.807, 2.05) is 6.08 Å². The van der Waals surface area contributed by atoms with E-state index in [0.29, 0.717) is 0 Å². The Morgan fingerprint density at radius 2 is 0.694 bits per heavy atom. The van der Waals surface area contributed by atoms with Crippen molar-refractivity contribution in [2.24, 2.45) is 0 Å². The van der Waals surface area contributed by atoms with Crippen molar-refractivity contribution >= 4 is 96.4 Å². The standard InChI is InChI=1S/C30H72O9Si10/c1-24-29-25-26-30(27-28(29)2)47(31-40(3,4)5,32-41(6,7)8)38-49(36-45(18,19)20,37-46(21,22)23)39-48(33-42(9,10)11,34-43(12,13)14)35-44(15,16)17/h24-27H,1H2,2-23H3. The molecular formula is C30H72O9Si10. The van der Waals surface area contributed by atoms with Crippen molar-refractivity contribution < 1.29 is 37.0 Å². The van der Waals surface area contributed by atoms with Gasteiger partial charge in [0.05, 0.1) is 0 Å². The Morgan fingerprint density at radius 3 is 0.939 bits per heavy atom. The Labute approximate surface area is 312 Å². The molecule has 1 aromatic carbocycles. The average Bonchev–Trinajstić information content (AvgIpc) is 2.69. The molecular weight excluding hydrogens is 785 g/mol. The van der Waals surface area contributed by atoms with E-state index in [4.69, 9.17) is 37.0 Å². The minimum Gasteiger partial charge on any atom is -0.413 e. The molecule has 0 aliphatic rings. The fourth-order valence-corrected chi connectivity index (χ4v) is 38.8. The molecule has 0 saturated carbocycles. The van der Waals surface area contributed by atoms with Crippen LogP contribution in [-0.4, -0.2) is 85.1 Å². The van der Waals surface area contributed by atoms with Gasteiger partial charge in [0, 0.05) is 5.19 Å². The van der Waals surface area contributed by atoms with E-state index in [9.17, 15) is 0 Å². The van der Waals surface area contributed by atoms with Gasteiger partial charge in [-0.15, -0.1) is 0 Å². The molecule has 0 heterocycles.